The second-order valence-electron chi connectivity index (χ2n) is 6.66. The zero-order chi connectivity index (χ0) is 21.3. The van der Waals surface area contributed by atoms with Crippen LogP contribution in [0.25, 0.3) is 5.95 Å². The fourth-order valence-corrected chi connectivity index (χ4v) is 3.04. The van der Waals surface area contributed by atoms with Gasteiger partial charge in [-0.15, -0.1) is 0 Å². The van der Waals surface area contributed by atoms with Gasteiger partial charge in [-0.2, -0.15) is 23.0 Å². The molecule has 12 heteroatoms. The Balaban J connectivity index is 1.61. The van der Waals surface area contributed by atoms with E-state index in [-0.39, 0.29) is 5.95 Å². The molecule has 1 saturated heterocycles. The van der Waals surface area contributed by atoms with Crippen LogP contribution in [0.5, 0.6) is 0 Å². The van der Waals surface area contributed by atoms with E-state index in [1.807, 2.05) is 6.07 Å². The van der Waals surface area contributed by atoms with E-state index in [0.717, 1.165) is 23.5 Å². The van der Waals surface area contributed by atoms with Crippen molar-refractivity contribution in [2.75, 3.05) is 36.5 Å². The third-order valence-corrected chi connectivity index (χ3v) is 4.43. The van der Waals surface area contributed by atoms with Crippen LogP contribution in [0.4, 0.5) is 30.5 Å². The van der Waals surface area contributed by atoms with Crippen molar-refractivity contribution in [2.24, 2.45) is 0 Å². The second-order valence-corrected chi connectivity index (χ2v) is 6.66. The molecule has 3 aromatic rings. The van der Waals surface area contributed by atoms with Gasteiger partial charge in [-0.25, -0.2) is 9.97 Å². The maximum Gasteiger partial charge on any atom is 0.433 e. The summed E-state index contributed by atoms with van der Waals surface area (Å²) in [6.45, 7) is 4.52. The summed E-state index contributed by atoms with van der Waals surface area (Å²) in [4.78, 5) is 24.0. The van der Waals surface area contributed by atoms with Crippen molar-refractivity contribution in [3.05, 3.63) is 52.2 Å². The van der Waals surface area contributed by atoms with Crippen LogP contribution >= 0.6 is 0 Å². The molecule has 1 aliphatic heterocycles. The standard InChI is InChI=1S/C18H18F3N7O2/c1-11-8-15(24-14-3-2-12(10-22-14)27-4-6-30-7-5-27)28(26-11)17-23-13(18(19,20)21)9-16(29)25-17/h2-3,8-10H,4-7H2,1H3,(H,22,24)(H,23,25,29). The molecule has 0 unspecified atom stereocenters. The fraction of sp³-hybridized carbons (Fsp3) is 0.333. The van der Waals surface area contributed by atoms with Gasteiger partial charge in [0.2, 0.25) is 5.95 Å². The molecule has 158 valence electrons. The van der Waals surface area contributed by atoms with E-state index in [0.29, 0.717) is 36.6 Å². The average Bonchev–Trinajstić information content (AvgIpc) is 3.08. The molecule has 4 rings (SSSR count). The number of hydrogen-bond acceptors (Lipinski definition) is 7. The molecule has 0 atom stereocenters. The minimum Gasteiger partial charge on any atom is -0.378 e. The van der Waals surface area contributed by atoms with Gasteiger partial charge in [0.25, 0.3) is 5.56 Å². The van der Waals surface area contributed by atoms with Crippen molar-refractivity contribution >= 4 is 17.3 Å². The van der Waals surface area contributed by atoms with Crippen molar-refractivity contribution in [3.63, 3.8) is 0 Å². The van der Waals surface area contributed by atoms with Gasteiger partial charge in [0.15, 0.2) is 5.69 Å². The average molecular weight is 421 g/mol. The normalized spacial score (nSPS) is 14.7. The van der Waals surface area contributed by atoms with Crippen molar-refractivity contribution < 1.29 is 17.9 Å². The van der Waals surface area contributed by atoms with Gasteiger partial charge in [0.05, 0.1) is 30.8 Å². The maximum atomic E-state index is 13.0. The summed E-state index contributed by atoms with van der Waals surface area (Å²) in [6, 6.07) is 5.65. The molecular weight excluding hydrogens is 403 g/mol. The van der Waals surface area contributed by atoms with Crippen LogP contribution in [0.1, 0.15) is 11.4 Å². The molecule has 0 aliphatic carbocycles. The minimum atomic E-state index is -4.75. The first kappa shape index (κ1) is 19.9. The number of morpholine rings is 1. The zero-order valence-corrected chi connectivity index (χ0v) is 15.9. The topological polar surface area (TPSA) is 101 Å². The molecule has 0 amide bonds. The molecular formula is C18H18F3N7O2. The SMILES string of the molecule is Cc1cc(Nc2ccc(N3CCOCC3)cn2)n(-c2nc(C(F)(F)F)cc(=O)[nH]2)n1. The summed E-state index contributed by atoms with van der Waals surface area (Å²) in [5, 5.41) is 7.14. The van der Waals surface area contributed by atoms with Gasteiger partial charge in [-0.3, -0.25) is 9.78 Å². The van der Waals surface area contributed by atoms with Crippen LogP contribution in [0.3, 0.4) is 0 Å². The molecule has 9 nitrogen and oxygen atoms in total. The number of H-pyrrole nitrogens is 1. The number of hydrogen-bond donors (Lipinski definition) is 2. The molecule has 0 aromatic carbocycles. The highest BCUT2D eigenvalue weighted by atomic mass is 19.4. The number of rotatable bonds is 4. The Morgan fingerprint density at radius 3 is 2.63 bits per heavy atom. The number of ether oxygens (including phenoxy) is 1. The van der Waals surface area contributed by atoms with E-state index < -0.39 is 17.4 Å². The summed E-state index contributed by atoms with van der Waals surface area (Å²) in [7, 11) is 0. The molecule has 1 fully saturated rings. The molecule has 0 bridgehead atoms. The highest BCUT2D eigenvalue weighted by Crippen LogP contribution is 2.27. The van der Waals surface area contributed by atoms with Crippen LogP contribution in [0, 0.1) is 6.92 Å². The summed E-state index contributed by atoms with van der Waals surface area (Å²) in [5.41, 5.74) is -0.771. The largest absolute Gasteiger partial charge is 0.433 e. The number of nitrogens with one attached hydrogen (secondary N) is 2. The fourth-order valence-electron chi connectivity index (χ4n) is 3.04. The molecule has 0 radical (unpaired) electrons. The number of aromatic nitrogens is 5. The number of nitrogens with zero attached hydrogens (tertiary/aromatic N) is 5. The number of aryl methyl sites for hydroxylation is 1. The van der Waals surface area contributed by atoms with Crippen LogP contribution in [0.15, 0.2) is 35.3 Å². The van der Waals surface area contributed by atoms with Crippen molar-refractivity contribution in [2.45, 2.75) is 13.1 Å². The summed E-state index contributed by atoms with van der Waals surface area (Å²) < 4.78 is 45.5. The monoisotopic (exact) mass is 421 g/mol. The molecule has 3 aromatic heterocycles. The summed E-state index contributed by atoms with van der Waals surface area (Å²) >= 11 is 0. The summed E-state index contributed by atoms with van der Waals surface area (Å²) in [5.74, 6) is 0.416. The van der Waals surface area contributed by atoms with Crippen molar-refractivity contribution in [1.29, 1.82) is 0 Å². The smallest absolute Gasteiger partial charge is 0.378 e. The predicted octanol–water partition coefficient (Wildman–Crippen LogP) is 2.26. The van der Waals surface area contributed by atoms with E-state index >= 15 is 0 Å². The first-order chi connectivity index (χ1) is 14.3. The highest BCUT2D eigenvalue weighted by Gasteiger charge is 2.34. The second kappa shape index (κ2) is 7.78. The van der Waals surface area contributed by atoms with Gasteiger partial charge >= 0.3 is 6.18 Å². The first-order valence-corrected chi connectivity index (χ1v) is 9.11. The quantitative estimate of drug-likeness (QED) is 0.666. The number of pyridine rings is 1. The number of alkyl halides is 3. The Labute approximate surface area is 168 Å². The van der Waals surface area contributed by atoms with Crippen LogP contribution < -0.4 is 15.8 Å². The van der Waals surface area contributed by atoms with Gasteiger partial charge < -0.3 is 15.0 Å². The lowest BCUT2D eigenvalue weighted by atomic mass is 10.3. The predicted molar refractivity (Wildman–Crippen MR) is 102 cm³/mol. The van der Waals surface area contributed by atoms with Gasteiger partial charge in [0.1, 0.15) is 11.6 Å². The Hall–Kier alpha value is -3.41. The Morgan fingerprint density at radius 1 is 1.20 bits per heavy atom. The Bertz CT molecular complexity index is 1090. The summed E-state index contributed by atoms with van der Waals surface area (Å²) in [6.07, 6.45) is -3.05. The van der Waals surface area contributed by atoms with Crippen LogP contribution in [-0.4, -0.2) is 51.0 Å². The maximum absolute atomic E-state index is 13.0. The lowest BCUT2D eigenvalue weighted by Crippen LogP contribution is -2.36. The van der Waals surface area contributed by atoms with Crippen LogP contribution in [0.2, 0.25) is 0 Å². The highest BCUT2D eigenvalue weighted by molar-refractivity contribution is 5.57. The van der Waals surface area contributed by atoms with Crippen molar-refractivity contribution in [1.82, 2.24) is 24.7 Å². The molecule has 0 saturated carbocycles. The van der Waals surface area contributed by atoms with Crippen LogP contribution in [-0.2, 0) is 10.9 Å². The first-order valence-electron chi connectivity index (χ1n) is 9.11. The lowest BCUT2D eigenvalue weighted by Gasteiger charge is -2.28. The molecule has 30 heavy (non-hydrogen) atoms. The lowest BCUT2D eigenvalue weighted by molar-refractivity contribution is -0.141. The Kier molecular flexibility index (Phi) is 5.16. The molecule has 0 spiro atoms. The van der Waals surface area contributed by atoms with Gasteiger partial charge in [-0.1, -0.05) is 0 Å². The van der Waals surface area contributed by atoms with Gasteiger partial charge in [0, 0.05) is 25.2 Å². The third-order valence-electron chi connectivity index (χ3n) is 4.43. The Morgan fingerprint density at radius 2 is 1.97 bits per heavy atom. The minimum absolute atomic E-state index is 0.307. The van der Waals surface area contributed by atoms with E-state index in [2.05, 4.69) is 30.3 Å². The van der Waals surface area contributed by atoms with Crippen molar-refractivity contribution in [3.8, 4) is 5.95 Å². The molecule has 2 N–H and O–H groups in total. The number of anilines is 3. The van der Waals surface area contributed by atoms with E-state index in [1.165, 1.54) is 0 Å². The van der Waals surface area contributed by atoms with E-state index in [4.69, 9.17) is 4.74 Å². The zero-order valence-electron chi connectivity index (χ0n) is 15.9. The molecule has 1 aliphatic rings. The number of halogens is 3. The third kappa shape index (κ3) is 4.27. The van der Waals surface area contributed by atoms with Gasteiger partial charge in [-0.05, 0) is 19.1 Å². The van der Waals surface area contributed by atoms with E-state index in [1.54, 1.807) is 25.3 Å². The van der Waals surface area contributed by atoms with E-state index in [9.17, 15) is 18.0 Å². The number of aromatic amines is 1. The molecule has 4 heterocycles.